The third-order valence-corrected chi connectivity index (χ3v) is 5.20. The number of aliphatic hydroxyl groups is 1. The standard InChI is InChI=1S/C24H23NO3/c26-15-18-7-5-6-17(14-18)12-13-25-24(27)28-16-23-21-10-3-1-8-19(21)20-9-2-4-11-22(20)23/h1-11,14,23,26H,12-13,15-16H2,(H,25,27). The second-order valence-electron chi connectivity index (χ2n) is 6.98. The zero-order valence-corrected chi connectivity index (χ0v) is 15.6. The quantitative estimate of drug-likeness (QED) is 0.679. The smallest absolute Gasteiger partial charge is 0.407 e. The van der Waals surface area contributed by atoms with Crippen molar-refractivity contribution in [3.8, 4) is 11.1 Å². The second kappa shape index (κ2) is 8.28. The average Bonchev–Trinajstić information content (AvgIpc) is 3.06. The van der Waals surface area contributed by atoms with Crippen molar-refractivity contribution >= 4 is 6.09 Å². The largest absolute Gasteiger partial charge is 0.449 e. The maximum atomic E-state index is 12.2. The summed E-state index contributed by atoms with van der Waals surface area (Å²) >= 11 is 0. The van der Waals surface area contributed by atoms with Gasteiger partial charge in [0, 0.05) is 12.5 Å². The fourth-order valence-corrected chi connectivity index (χ4v) is 3.84. The summed E-state index contributed by atoms with van der Waals surface area (Å²) in [6.07, 6.45) is 0.290. The number of benzene rings is 3. The van der Waals surface area contributed by atoms with Crippen LogP contribution in [0.1, 0.15) is 28.2 Å². The number of hydrogen-bond donors (Lipinski definition) is 2. The van der Waals surface area contributed by atoms with E-state index < -0.39 is 6.09 Å². The molecular weight excluding hydrogens is 350 g/mol. The van der Waals surface area contributed by atoms with Gasteiger partial charge in [0.15, 0.2) is 0 Å². The lowest BCUT2D eigenvalue weighted by molar-refractivity contribution is 0.143. The first kappa shape index (κ1) is 18.3. The minimum Gasteiger partial charge on any atom is -0.449 e. The van der Waals surface area contributed by atoms with Crippen molar-refractivity contribution in [3.63, 3.8) is 0 Å². The molecule has 2 N–H and O–H groups in total. The minimum absolute atomic E-state index is 0.0215. The molecule has 1 aliphatic carbocycles. The van der Waals surface area contributed by atoms with Gasteiger partial charge in [-0.3, -0.25) is 0 Å². The number of carbonyl (C=O) groups is 1. The van der Waals surface area contributed by atoms with Crippen molar-refractivity contribution in [1.82, 2.24) is 5.32 Å². The predicted molar refractivity (Wildman–Crippen MR) is 109 cm³/mol. The number of aliphatic hydroxyl groups excluding tert-OH is 1. The van der Waals surface area contributed by atoms with Gasteiger partial charge in [0.25, 0.3) is 0 Å². The van der Waals surface area contributed by atoms with Crippen molar-refractivity contribution in [1.29, 1.82) is 0 Å². The van der Waals surface area contributed by atoms with Crippen LogP contribution in [-0.2, 0) is 17.8 Å². The maximum absolute atomic E-state index is 12.2. The monoisotopic (exact) mass is 373 g/mol. The molecule has 1 aliphatic rings. The van der Waals surface area contributed by atoms with Gasteiger partial charge in [-0.1, -0.05) is 72.8 Å². The molecule has 0 unspecified atom stereocenters. The summed E-state index contributed by atoms with van der Waals surface area (Å²) in [7, 11) is 0. The molecule has 0 aliphatic heterocycles. The topological polar surface area (TPSA) is 58.6 Å². The summed E-state index contributed by atoms with van der Waals surface area (Å²) < 4.78 is 5.53. The van der Waals surface area contributed by atoms with Crippen LogP contribution < -0.4 is 5.32 Å². The van der Waals surface area contributed by atoms with Crippen LogP contribution in [0.2, 0.25) is 0 Å². The van der Waals surface area contributed by atoms with E-state index in [1.54, 1.807) is 0 Å². The average molecular weight is 373 g/mol. The zero-order valence-electron chi connectivity index (χ0n) is 15.6. The van der Waals surface area contributed by atoms with E-state index in [-0.39, 0.29) is 12.5 Å². The van der Waals surface area contributed by atoms with E-state index in [4.69, 9.17) is 4.74 Å². The number of nitrogens with one attached hydrogen (secondary N) is 1. The molecule has 0 spiro atoms. The molecule has 0 saturated heterocycles. The van der Waals surface area contributed by atoms with Gasteiger partial charge in [-0.2, -0.15) is 0 Å². The normalized spacial score (nSPS) is 12.3. The summed E-state index contributed by atoms with van der Waals surface area (Å²) in [4.78, 5) is 12.2. The first-order valence-electron chi connectivity index (χ1n) is 9.54. The van der Waals surface area contributed by atoms with Crippen LogP contribution in [-0.4, -0.2) is 24.4 Å². The number of hydrogen-bond acceptors (Lipinski definition) is 3. The van der Waals surface area contributed by atoms with Gasteiger partial charge in [0.05, 0.1) is 6.61 Å². The third-order valence-electron chi connectivity index (χ3n) is 5.20. The maximum Gasteiger partial charge on any atom is 0.407 e. The fraction of sp³-hybridized carbons (Fsp3) is 0.208. The van der Waals surface area contributed by atoms with Crippen molar-refractivity contribution in [2.75, 3.05) is 13.2 Å². The second-order valence-corrected chi connectivity index (χ2v) is 6.98. The Kier molecular flexibility index (Phi) is 5.40. The molecule has 4 rings (SSSR count). The first-order chi connectivity index (χ1) is 13.8. The highest BCUT2D eigenvalue weighted by Crippen LogP contribution is 2.44. The van der Waals surface area contributed by atoms with Crippen molar-refractivity contribution in [3.05, 3.63) is 95.1 Å². The lowest BCUT2D eigenvalue weighted by Gasteiger charge is -2.14. The Morgan fingerprint density at radius 1 is 0.893 bits per heavy atom. The first-order valence-corrected chi connectivity index (χ1v) is 9.54. The van der Waals surface area contributed by atoms with Gasteiger partial charge in [0.2, 0.25) is 0 Å². The van der Waals surface area contributed by atoms with Crippen LogP contribution in [0.5, 0.6) is 0 Å². The number of ether oxygens (including phenoxy) is 1. The molecule has 0 bridgehead atoms. The van der Waals surface area contributed by atoms with E-state index in [0.717, 1.165) is 11.1 Å². The van der Waals surface area contributed by atoms with Crippen LogP contribution in [0.3, 0.4) is 0 Å². The number of alkyl carbamates (subject to hydrolysis) is 1. The molecule has 28 heavy (non-hydrogen) atoms. The van der Waals surface area contributed by atoms with Crippen molar-refractivity contribution in [2.24, 2.45) is 0 Å². The zero-order chi connectivity index (χ0) is 19.3. The summed E-state index contributed by atoms with van der Waals surface area (Å²) in [6.45, 7) is 0.832. The fourth-order valence-electron chi connectivity index (χ4n) is 3.84. The molecule has 4 nitrogen and oxygen atoms in total. The summed E-state index contributed by atoms with van der Waals surface area (Å²) in [5.74, 6) is 0.0689. The van der Waals surface area contributed by atoms with Crippen molar-refractivity contribution < 1.29 is 14.6 Å². The predicted octanol–water partition coefficient (Wildman–Crippen LogP) is 4.26. The summed E-state index contributed by atoms with van der Waals surface area (Å²) in [5, 5.41) is 12.0. The van der Waals surface area contributed by atoms with Crippen LogP contribution in [0.15, 0.2) is 72.8 Å². The van der Waals surface area contributed by atoms with Crippen LogP contribution in [0.25, 0.3) is 11.1 Å². The van der Waals surface area contributed by atoms with E-state index in [1.807, 2.05) is 48.5 Å². The Hall–Kier alpha value is -3.11. The van der Waals surface area contributed by atoms with Gasteiger partial charge in [-0.05, 0) is 39.8 Å². The minimum atomic E-state index is -0.403. The Morgan fingerprint density at radius 2 is 1.54 bits per heavy atom. The molecule has 3 aromatic rings. The summed E-state index contributed by atoms with van der Waals surface area (Å²) in [5.41, 5.74) is 6.80. The number of carbonyl (C=O) groups excluding carboxylic acids is 1. The Morgan fingerprint density at radius 3 is 2.21 bits per heavy atom. The van der Waals surface area contributed by atoms with Gasteiger partial charge in [0.1, 0.15) is 6.61 Å². The van der Waals surface area contributed by atoms with E-state index >= 15 is 0 Å². The molecule has 142 valence electrons. The molecule has 4 heteroatoms. The molecular formula is C24H23NO3. The van der Waals surface area contributed by atoms with Gasteiger partial charge < -0.3 is 15.2 Å². The molecule has 0 atom stereocenters. The highest BCUT2D eigenvalue weighted by atomic mass is 16.5. The van der Waals surface area contributed by atoms with Gasteiger partial charge in [-0.15, -0.1) is 0 Å². The highest BCUT2D eigenvalue weighted by Gasteiger charge is 2.28. The lowest BCUT2D eigenvalue weighted by Crippen LogP contribution is -2.28. The lowest BCUT2D eigenvalue weighted by atomic mass is 9.98. The van der Waals surface area contributed by atoms with Crippen LogP contribution in [0.4, 0.5) is 4.79 Å². The van der Waals surface area contributed by atoms with Crippen LogP contribution >= 0.6 is 0 Å². The van der Waals surface area contributed by atoms with E-state index in [0.29, 0.717) is 19.6 Å². The molecule has 0 aromatic heterocycles. The number of rotatable bonds is 6. The Bertz CT molecular complexity index is 937. The highest BCUT2D eigenvalue weighted by molar-refractivity contribution is 5.79. The Balaban J connectivity index is 1.34. The number of amides is 1. The SMILES string of the molecule is O=C(NCCc1cccc(CO)c1)OCC1c2ccccc2-c2ccccc21. The Labute approximate surface area is 164 Å². The molecule has 0 fully saturated rings. The molecule has 0 saturated carbocycles. The molecule has 0 radical (unpaired) electrons. The van der Waals surface area contributed by atoms with E-state index in [1.165, 1.54) is 22.3 Å². The molecule has 1 amide bonds. The van der Waals surface area contributed by atoms with Gasteiger partial charge in [-0.25, -0.2) is 4.79 Å². The van der Waals surface area contributed by atoms with Crippen LogP contribution in [0, 0.1) is 0 Å². The molecule has 0 heterocycles. The van der Waals surface area contributed by atoms with E-state index in [9.17, 15) is 9.90 Å². The van der Waals surface area contributed by atoms with Crippen molar-refractivity contribution in [2.45, 2.75) is 18.9 Å². The summed E-state index contributed by atoms with van der Waals surface area (Å²) in [6, 6.07) is 24.3. The van der Waals surface area contributed by atoms with E-state index in [2.05, 4.69) is 29.6 Å². The van der Waals surface area contributed by atoms with Gasteiger partial charge >= 0.3 is 6.09 Å². The molecule has 3 aromatic carbocycles. The number of fused-ring (bicyclic) bond motifs is 3. The third kappa shape index (κ3) is 3.78.